The molecule has 0 aliphatic carbocycles. The van der Waals surface area contributed by atoms with Gasteiger partial charge in [0, 0.05) is 19.2 Å². The smallest absolute Gasteiger partial charge is 0.252 e. The molecule has 0 aromatic heterocycles. The highest BCUT2D eigenvalue weighted by Crippen LogP contribution is 2.11. The Kier molecular flexibility index (Phi) is 6.77. The van der Waals surface area contributed by atoms with E-state index in [1.54, 1.807) is 26.1 Å². The predicted octanol–water partition coefficient (Wildman–Crippen LogP) is 2.37. The summed E-state index contributed by atoms with van der Waals surface area (Å²) in [5.41, 5.74) is 1.44. The quantitative estimate of drug-likeness (QED) is 0.876. The molecule has 1 aromatic rings. The second kappa shape index (κ2) is 8.33. The molecule has 23 heavy (non-hydrogen) atoms. The monoisotopic (exact) mass is 315 g/mol. The topological polar surface area (TPSA) is 73.2 Å². The first-order valence-electron chi connectivity index (χ1n) is 7.79. The van der Waals surface area contributed by atoms with Crippen LogP contribution < -0.4 is 5.32 Å². The van der Waals surface area contributed by atoms with E-state index in [9.17, 15) is 9.59 Å². The minimum Gasteiger partial charge on any atom is -0.343 e. The molecule has 5 nitrogen and oxygen atoms in total. The van der Waals surface area contributed by atoms with Gasteiger partial charge in [0.1, 0.15) is 6.04 Å². The van der Waals surface area contributed by atoms with Crippen LogP contribution in [0.1, 0.15) is 36.7 Å². The molecular weight excluding hydrogens is 290 g/mol. The van der Waals surface area contributed by atoms with E-state index in [-0.39, 0.29) is 23.7 Å². The Bertz CT molecular complexity index is 605. The van der Waals surface area contributed by atoms with Gasteiger partial charge in [0.25, 0.3) is 5.91 Å². The molecule has 0 saturated carbocycles. The Morgan fingerprint density at radius 2 is 1.87 bits per heavy atom. The number of amides is 2. The Hall–Kier alpha value is -2.35. The number of hydrogen-bond donors (Lipinski definition) is 1. The number of rotatable bonds is 6. The fourth-order valence-corrected chi connectivity index (χ4v) is 2.34. The molecule has 0 fully saturated rings. The van der Waals surface area contributed by atoms with E-state index in [0.29, 0.717) is 12.1 Å². The summed E-state index contributed by atoms with van der Waals surface area (Å²) in [6.07, 6.45) is 0. The third kappa shape index (κ3) is 5.10. The van der Waals surface area contributed by atoms with Crippen LogP contribution in [0.15, 0.2) is 24.3 Å². The van der Waals surface area contributed by atoms with Crippen molar-refractivity contribution < 1.29 is 9.59 Å². The van der Waals surface area contributed by atoms with E-state index in [4.69, 9.17) is 5.26 Å². The fraction of sp³-hybridized carbons (Fsp3) is 0.500. The summed E-state index contributed by atoms with van der Waals surface area (Å²) < 4.78 is 0. The molecule has 0 spiro atoms. The number of nitrogens with one attached hydrogen (secondary N) is 1. The van der Waals surface area contributed by atoms with Gasteiger partial charge >= 0.3 is 0 Å². The molecule has 0 saturated heterocycles. The molecule has 2 atom stereocenters. The van der Waals surface area contributed by atoms with Crippen molar-refractivity contribution in [2.24, 2.45) is 11.8 Å². The van der Waals surface area contributed by atoms with Crippen LogP contribution in [0.4, 0.5) is 0 Å². The van der Waals surface area contributed by atoms with Crippen LogP contribution in [-0.4, -0.2) is 36.3 Å². The largest absolute Gasteiger partial charge is 0.343 e. The molecule has 1 N–H and O–H groups in total. The molecule has 0 aliphatic heterocycles. The lowest BCUT2D eigenvalue weighted by molar-refractivity contribution is -0.133. The molecule has 2 amide bonds. The molecule has 1 rings (SSSR count). The van der Waals surface area contributed by atoms with Crippen LogP contribution >= 0.6 is 0 Å². The maximum absolute atomic E-state index is 12.6. The normalized spacial score (nSPS) is 13.1. The lowest BCUT2D eigenvalue weighted by Gasteiger charge is -2.27. The van der Waals surface area contributed by atoms with Gasteiger partial charge in [0.15, 0.2) is 0 Å². The fourth-order valence-electron chi connectivity index (χ4n) is 2.34. The first-order valence-corrected chi connectivity index (χ1v) is 7.79. The lowest BCUT2D eigenvalue weighted by Crippen LogP contribution is -2.51. The zero-order valence-electron chi connectivity index (χ0n) is 14.5. The summed E-state index contributed by atoms with van der Waals surface area (Å²) in [6.45, 7) is 7.76. The summed E-state index contributed by atoms with van der Waals surface area (Å²) in [6, 6.07) is 8.78. The summed E-state index contributed by atoms with van der Waals surface area (Å²) in [5.74, 6) is -0.722. The highest BCUT2D eigenvalue weighted by Gasteiger charge is 2.28. The van der Waals surface area contributed by atoms with E-state index < -0.39 is 6.04 Å². The molecule has 0 unspecified atom stereocenters. The number of likely N-dealkylation sites (N-methyl/N-ethyl adjacent to an activating group) is 1. The van der Waals surface area contributed by atoms with Gasteiger partial charge in [-0.1, -0.05) is 32.0 Å². The lowest BCUT2D eigenvalue weighted by atomic mass is 10.0. The number of carbonyl (C=O) groups is 2. The van der Waals surface area contributed by atoms with Crippen molar-refractivity contribution >= 4 is 11.8 Å². The summed E-state index contributed by atoms with van der Waals surface area (Å²) in [4.78, 5) is 26.6. The third-order valence-electron chi connectivity index (χ3n) is 3.75. The van der Waals surface area contributed by atoms with Crippen molar-refractivity contribution in [1.82, 2.24) is 10.2 Å². The number of benzene rings is 1. The highest BCUT2D eigenvalue weighted by molar-refractivity contribution is 5.98. The van der Waals surface area contributed by atoms with E-state index in [0.717, 1.165) is 5.56 Å². The number of nitrogens with zero attached hydrogens (tertiary/aromatic N) is 2. The van der Waals surface area contributed by atoms with Crippen LogP contribution in [0, 0.1) is 30.1 Å². The number of aryl methyl sites for hydroxylation is 1. The van der Waals surface area contributed by atoms with Crippen molar-refractivity contribution in [1.29, 1.82) is 5.26 Å². The molecule has 5 heteroatoms. The van der Waals surface area contributed by atoms with Crippen molar-refractivity contribution in [2.75, 3.05) is 13.6 Å². The van der Waals surface area contributed by atoms with E-state index in [1.165, 1.54) is 4.90 Å². The van der Waals surface area contributed by atoms with Crippen molar-refractivity contribution in [3.8, 4) is 6.07 Å². The highest BCUT2D eigenvalue weighted by atomic mass is 16.2. The summed E-state index contributed by atoms with van der Waals surface area (Å²) in [5, 5.41) is 11.7. The SMILES string of the molecule is Cc1ccccc1C(=O)N[C@@H](C(=O)N(C)C[C@@H](C)C#N)C(C)C. The van der Waals surface area contributed by atoms with Crippen molar-refractivity contribution in [2.45, 2.75) is 33.7 Å². The Morgan fingerprint density at radius 3 is 2.39 bits per heavy atom. The number of carbonyl (C=O) groups excluding carboxylic acids is 2. The molecule has 0 bridgehead atoms. The van der Waals surface area contributed by atoms with Gasteiger partial charge in [-0.25, -0.2) is 0 Å². The minimum absolute atomic E-state index is 0.0460. The zero-order chi connectivity index (χ0) is 17.6. The second-order valence-electron chi connectivity index (χ2n) is 6.26. The maximum atomic E-state index is 12.6. The standard InChI is InChI=1S/C18H25N3O2/c1-12(2)16(18(23)21(5)11-13(3)10-19)20-17(22)15-9-7-6-8-14(15)4/h6-9,12-13,16H,11H2,1-5H3,(H,20,22)/t13-,16+/m0/s1. The molecule has 0 heterocycles. The van der Waals surface area contributed by atoms with Gasteiger partial charge < -0.3 is 10.2 Å². The number of hydrogen-bond acceptors (Lipinski definition) is 3. The van der Waals surface area contributed by atoms with Gasteiger partial charge in [-0.2, -0.15) is 5.26 Å². The minimum atomic E-state index is -0.613. The average Bonchev–Trinajstić information content (AvgIpc) is 2.51. The first-order chi connectivity index (χ1) is 10.8. The van der Waals surface area contributed by atoms with Crippen LogP contribution in [0.25, 0.3) is 0 Å². The maximum Gasteiger partial charge on any atom is 0.252 e. The van der Waals surface area contributed by atoms with E-state index in [2.05, 4.69) is 11.4 Å². The van der Waals surface area contributed by atoms with Crippen LogP contribution in [0.5, 0.6) is 0 Å². The van der Waals surface area contributed by atoms with Crippen molar-refractivity contribution in [3.05, 3.63) is 35.4 Å². The predicted molar refractivity (Wildman–Crippen MR) is 89.7 cm³/mol. The molecule has 0 aliphatic rings. The van der Waals surface area contributed by atoms with E-state index >= 15 is 0 Å². The summed E-state index contributed by atoms with van der Waals surface area (Å²) in [7, 11) is 1.66. The van der Waals surface area contributed by atoms with Crippen LogP contribution in [0.2, 0.25) is 0 Å². The Balaban J connectivity index is 2.87. The summed E-state index contributed by atoms with van der Waals surface area (Å²) >= 11 is 0. The Labute approximate surface area is 138 Å². The van der Waals surface area contributed by atoms with Crippen molar-refractivity contribution in [3.63, 3.8) is 0 Å². The average molecular weight is 315 g/mol. The number of nitriles is 1. The van der Waals surface area contributed by atoms with Gasteiger partial charge in [0.2, 0.25) is 5.91 Å². The van der Waals surface area contributed by atoms with Gasteiger partial charge in [-0.3, -0.25) is 9.59 Å². The van der Waals surface area contributed by atoms with E-state index in [1.807, 2.05) is 32.9 Å². The van der Waals surface area contributed by atoms with Gasteiger partial charge in [-0.05, 0) is 31.4 Å². The molecule has 1 aromatic carbocycles. The van der Waals surface area contributed by atoms with Crippen LogP contribution in [0.3, 0.4) is 0 Å². The van der Waals surface area contributed by atoms with Gasteiger partial charge in [0.05, 0.1) is 12.0 Å². The molecular formula is C18H25N3O2. The molecule has 0 radical (unpaired) electrons. The molecule has 124 valence electrons. The first kappa shape index (κ1) is 18.7. The van der Waals surface area contributed by atoms with Gasteiger partial charge in [-0.15, -0.1) is 0 Å². The third-order valence-corrected chi connectivity index (χ3v) is 3.75. The van der Waals surface area contributed by atoms with Crippen LogP contribution in [-0.2, 0) is 4.79 Å². The zero-order valence-corrected chi connectivity index (χ0v) is 14.5. The second-order valence-corrected chi connectivity index (χ2v) is 6.26. The Morgan fingerprint density at radius 1 is 1.26 bits per heavy atom.